The molecule has 2 atom stereocenters. The van der Waals surface area contributed by atoms with Crippen molar-refractivity contribution in [1.82, 2.24) is 0 Å². The molecular formula is C11H13FO3S. The summed E-state index contributed by atoms with van der Waals surface area (Å²) in [5.74, 6) is -0.765. The van der Waals surface area contributed by atoms with Crippen LogP contribution in [0.2, 0.25) is 0 Å². The van der Waals surface area contributed by atoms with Gasteiger partial charge < -0.3 is 5.11 Å². The minimum absolute atomic E-state index is 0.0311. The third-order valence-corrected chi connectivity index (χ3v) is 4.68. The number of benzene rings is 1. The molecule has 1 aromatic rings. The molecule has 0 spiro atoms. The molecular weight excluding hydrogens is 231 g/mol. The van der Waals surface area contributed by atoms with E-state index in [0.717, 1.165) is 6.07 Å². The minimum Gasteiger partial charge on any atom is -0.393 e. The van der Waals surface area contributed by atoms with Gasteiger partial charge in [0.2, 0.25) is 0 Å². The highest BCUT2D eigenvalue weighted by atomic mass is 32.2. The summed E-state index contributed by atoms with van der Waals surface area (Å²) in [4.78, 5) is 0.208. The van der Waals surface area contributed by atoms with E-state index in [4.69, 9.17) is 0 Å². The maximum absolute atomic E-state index is 13.1. The number of hydrogen-bond acceptors (Lipinski definition) is 3. The first-order chi connectivity index (χ1) is 7.40. The van der Waals surface area contributed by atoms with Crippen molar-refractivity contribution >= 4 is 9.84 Å². The Morgan fingerprint density at radius 2 is 2.25 bits per heavy atom. The number of halogens is 1. The highest BCUT2D eigenvalue weighted by Crippen LogP contribution is 2.37. The van der Waals surface area contributed by atoms with Gasteiger partial charge in [0, 0.05) is 5.92 Å². The van der Waals surface area contributed by atoms with Gasteiger partial charge in [-0.25, -0.2) is 12.8 Å². The normalized spacial score (nSPS) is 24.1. The quantitative estimate of drug-likeness (QED) is 0.801. The maximum Gasteiger partial charge on any atom is 0.179 e. The zero-order valence-corrected chi connectivity index (χ0v) is 9.67. The molecule has 2 unspecified atom stereocenters. The minimum atomic E-state index is -3.29. The molecule has 0 radical (unpaired) electrons. The summed E-state index contributed by atoms with van der Waals surface area (Å²) >= 11 is 0. The van der Waals surface area contributed by atoms with Crippen molar-refractivity contribution in [3.05, 3.63) is 29.6 Å². The van der Waals surface area contributed by atoms with Crippen LogP contribution >= 0.6 is 0 Å². The van der Waals surface area contributed by atoms with Crippen molar-refractivity contribution in [3.63, 3.8) is 0 Å². The van der Waals surface area contributed by atoms with E-state index in [2.05, 4.69) is 0 Å². The monoisotopic (exact) mass is 244 g/mol. The van der Waals surface area contributed by atoms with E-state index in [-0.39, 0.29) is 16.6 Å². The van der Waals surface area contributed by atoms with Crippen LogP contribution in [0, 0.1) is 5.82 Å². The first-order valence-electron chi connectivity index (χ1n) is 5.10. The molecule has 1 aliphatic rings. The molecule has 3 nitrogen and oxygen atoms in total. The van der Waals surface area contributed by atoms with Gasteiger partial charge in [0.25, 0.3) is 0 Å². The Labute approximate surface area is 93.8 Å². The first kappa shape index (κ1) is 11.5. The Balaban J connectivity index is 2.48. The fraction of sp³-hybridized carbons (Fsp3) is 0.455. The first-order valence-corrected chi connectivity index (χ1v) is 6.75. The van der Waals surface area contributed by atoms with Crippen molar-refractivity contribution in [2.45, 2.75) is 30.3 Å². The second kappa shape index (κ2) is 3.82. The maximum atomic E-state index is 13.1. The number of fused-ring (bicyclic) bond motifs is 1. The number of aliphatic hydroxyl groups is 1. The second-order valence-electron chi connectivity index (χ2n) is 4.25. The van der Waals surface area contributed by atoms with E-state index in [9.17, 15) is 17.9 Å². The van der Waals surface area contributed by atoms with Gasteiger partial charge in [0.05, 0.1) is 16.8 Å². The van der Waals surface area contributed by atoms with Crippen LogP contribution in [-0.2, 0) is 9.84 Å². The smallest absolute Gasteiger partial charge is 0.179 e. The summed E-state index contributed by atoms with van der Waals surface area (Å²) in [6.45, 7) is 1.60. The molecule has 0 saturated heterocycles. The number of hydrogen-bond donors (Lipinski definition) is 1. The Hall–Kier alpha value is -0.940. The lowest BCUT2D eigenvalue weighted by molar-refractivity contribution is 0.177. The molecule has 1 N–H and O–H groups in total. The zero-order chi connectivity index (χ0) is 11.9. The average Bonchev–Trinajstić information content (AvgIpc) is 2.37. The summed E-state index contributed by atoms with van der Waals surface area (Å²) in [6.07, 6.45) is -0.246. The molecule has 0 aromatic heterocycles. The summed E-state index contributed by atoms with van der Waals surface area (Å²) < 4.78 is 36.6. The fourth-order valence-corrected chi connectivity index (χ4v) is 4.06. The van der Waals surface area contributed by atoms with Crippen molar-refractivity contribution in [3.8, 4) is 0 Å². The van der Waals surface area contributed by atoms with Gasteiger partial charge in [-0.15, -0.1) is 0 Å². The molecule has 88 valence electrons. The lowest BCUT2D eigenvalue weighted by Gasteiger charge is -2.11. The van der Waals surface area contributed by atoms with Gasteiger partial charge in [-0.3, -0.25) is 0 Å². The van der Waals surface area contributed by atoms with E-state index < -0.39 is 21.8 Å². The van der Waals surface area contributed by atoms with Crippen LogP contribution in [0.3, 0.4) is 0 Å². The van der Waals surface area contributed by atoms with E-state index in [1.54, 1.807) is 6.92 Å². The third-order valence-electron chi connectivity index (χ3n) is 2.79. The lowest BCUT2D eigenvalue weighted by atomic mass is 9.95. The van der Waals surface area contributed by atoms with E-state index in [1.807, 2.05) is 0 Å². The number of sulfone groups is 1. The average molecular weight is 244 g/mol. The van der Waals surface area contributed by atoms with Crippen LogP contribution in [0.15, 0.2) is 23.1 Å². The summed E-state index contributed by atoms with van der Waals surface area (Å²) in [5, 5.41) is 9.29. The van der Waals surface area contributed by atoms with Crippen molar-refractivity contribution < 1.29 is 17.9 Å². The molecule has 0 fully saturated rings. The van der Waals surface area contributed by atoms with Crippen LogP contribution < -0.4 is 0 Å². The van der Waals surface area contributed by atoms with Gasteiger partial charge in [-0.2, -0.15) is 0 Å². The molecule has 2 rings (SSSR count). The van der Waals surface area contributed by atoms with Gasteiger partial charge in [-0.05, 0) is 37.1 Å². The third kappa shape index (κ3) is 1.97. The molecule has 5 heteroatoms. The van der Waals surface area contributed by atoms with Crippen LogP contribution in [0.25, 0.3) is 0 Å². The topological polar surface area (TPSA) is 54.4 Å². The lowest BCUT2D eigenvalue weighted by Crippen LogP contribution is -2.10. The molecule has 1 aliphatic heterocycles. The molecule has 0 saturated carbocycles. The van der Waals surface area contributed by atoms with Gasteiger partial charge in [0.1, 0.15) is 5.82 Å². The van der Waals surface area contributed by atoms with E-state index in [0.29, 0.717) is 12.0 Å². The van der Waals surface area contributed by atoms with Crippen LogP contribution in [0.5, 0.6) is 0 Å². The molecule has 0 aliphatic carbocycles. The van der Waals surface area contributed by atoms with E-state index >= 15 is 0 Å². The van der Waals surface area contributed by atoms with Crippen molar-refractivity contribution in [2.24, 2.45) is 0 Å². The summed E-state index contributed by atoms with van der Waals surface area (Å²) in [6, 6.07) is 3.72. The van der Waals surface area contributed by atoms with Crippen molar-refractivity contribution in [1.29, 1.82) is 0 Å². The van der Waals surface area contributed by atoms with Gasteiger partial charge >= 0.3 is 0 Å². The molecule has 16 heavy (non-hydrogen) atoms. The Morgan fingerprint density at radius 3 is 2.88 bits per heavy atom. The van der Waals surface area contributed by atoms with Gasteiger partial charge in [-0.1, -0.05) is 0 Å². The number of rotatable bonds is 2. The zero-order valence-electron chi connectivity index (χ0n) is 8.85. The summed E-state index contributed by atoms with van der Waals surface area (Å²) in [5.41, 5.74) is 0.501. The standard InChI is InChI=1S/C11H13FO3S/c1-7(13)4-8-6-16(14,15)11-3-2-9(12)5-10(8)11/h2-3,5,7-8,13H,4,6H2,1H3. The summed E-state index contributed by atoms with van der Waals surface area (Å²) in [7, 11) is -3.29. The molecule has 0 amide bonds. The molecule has 1 aromatic carbocycles. The largest absolute Gasteiger partial charge is 0.393 e. The Morgan fingerprint density at radius 1 is 1.56 bits per heavy atom. The highest BCUT2D eigenvalue weighted by Gasteiger charge is 2.35. The van der Waals surface area contributed by atoms with Crippen molar-refractivity contribution in [2.75, 3.05) is 5.75 Å². The van der Waals surface area contributed by atoms with Gasteiger partial charge in [0.15, 0.2) is 9.84 Å². The Kier molecular flexibility index (Phi) is 2.75. The van der Waals surface area contributed by atoms with Crippen LogP contribution in [-0.4, -0.2) is 25.4 Å². The number of aliphatic hydroxyl groups excluding tert-OH is 1. The highest BCUT2D eigenvalue weighted by molar-refractivity contribution is 7.91. The van der Waals surface area contributed by atoms with E-state index in [1.165, 1.54) is 12.1 Å². The predicted octanol–water partition coefficient (Wildman–Crippen LogP) is 1.47. The van der Waals surface area contributed by atoms with Crippen LogP contribution in [0.1, 0.15) is 24.8 Å². The predicted molar refractivity (Wildman–Crippen MR) is 57.5 cm³/mol. The Bertz CT molecular complexity index is 508. The second-order valence-corrected chi connectivity index (χ2v) is 6.25. The molecule has 0 bridgehead atoms. The molecule has 1 heterocycles. The fourth-order valence-electron chi connectivity index (χ4n) is 2.17. The van der Waals surface area contributed by atoms with Crippen LogP contribution in [0.4, 0.5) is 4.39 Å². The SMILES string of the molecule is CC(O)CC1CS(=O)(=O)c2ccc(F)cc21.